The van der Waals surface area contributed by atoms with Crippen LogP contribution in [-0.2, 0) is 17.9 Å². The number of nitrogens with zero attached hydrogens (tertiary/aromatic N) is 2. The summed E-state index contributed by atoms with van der Waals surface area (Å²) in [6.45, 7) is 0. The second kappa shape index (κ2) is 9.38. The average molecular weight is 440 g/mol. The summed E-state index contributed by atoms with van der Waals surface area (Å²) in [7, 11) is 0. The van der Waals surface area contributed by atoms with E-state index >= 15 is 0 Å². The number of allylic oxidation sites excluding steroid dienone is 6. The fraction of sp³-hybridized carbons (Fsp3) is 0. The van der Waals surface area contributed by atoms with Crippen LogP contribution in [0.4, 0.5) is 0 Å². The minimum atomic E-state index is 0.379. The molecular formula is C25H18N4Zn-2. The molecule has 1 aromatic carbocycles. The summed E-state index contributed by atoms with van der Waals surface area (Å²) >= 11 is 1.10. The van der Waals surface area contributed by atoms with E-state index in [1.54, 1.807) is 12.2 Å². The molecule has 2 aliphatic rings. The molecule has 142 valence electrons. The van der Waals surface area contributed by atoms with Crippen molar-refractivity contribution in [1.82, 2.24) is 4.98 Å². The number of aliphatic imine (C=N–C) groups is 2. The Balaban J connectivity index is 1.43. The van der Waals surface area contributed by atoms with Crippen LogP contribution >= 0.6 is 0 Å². The standard InChI is InChI=1S/C25H18N4.Zn/c1-18-7-10-22(27-18)16-23-13-14-25(29-23)17-24-12-11-21(28-24)15-20(26)9-8-19-5-3-2-4-6-19;/h1-7,9-17,26,28H;/q-2;. The molecule has 4 nitrogen and oxygen atoms in total. The van der Waals surface area contributed by atoms with Crippen molar-refractivity contribution in [3.8, 4) is 0 Å². The average Bonchev–Trinajstić information content (AvgIpc) is 3.50. The predicted molar refractivity (Wildman–Crippen MR) is 122 cm³/mol. The molecule has 30 heavy (non-hydrogen) atoms. The first kappa shape index (κ1) is 19.9. The maximum absolute atomic E-state index is 8.11. The van der Waals surface area contributed by atoms with Gasteiger partial charge in [-0.3, -0.25) is 0 Å². The van der Waals surface area contributed by atoms with Gasteiger partial charge in [-0.1, -0.05) is 12.1 Å². The normalized spacial score (nSPS) is 18.7. The molecule has 5 heteroatoms. The van der Waals surface area contributed by atoms with Gasteiger partial charge < -0.3 is 5.73 Å². The van der Waals surface area contributed by atoms with E-state index in [1.807, 2.05) is 78.9 Å². The van der Waals surface area contributed by atoms with Gasteiger partial charge >= 0.3 is 120 Å². The second-order valence-corrected chi connectivity index (χ2v) is 7.56. The molecule has 0 spiro atoms. The minimum absolute atomic E-state index is 0.379. The van der Waals surface area contributed by atoms with Crippen molar-refractivity contribution in [3.63, 3.8) is 0 Å². The van der Waals surface area contributed by atoms with Gasteiger partial charge in [-0.25, -0.2) is 5.70 Å². The maximum atomic E-state index is 8.11. The third kappa shape index (κ3) is 5.34. The molecule has 0 amide bonds. The number of nitrogens with one attached hydrogen (secondary N) is 2. The zero-order chi connectivity index (χ0) is 20.8. The van der Waals surface area contributed by atoms with Gasteiger partial charge in [-0.05, 0) is 0 Å². The summed E-state index contributed by atoms with van der Waals surface area (Å²) in [5, 5.41) is 0. The van der Waals surface area contributed by atoms with E-state index in [4.69, 9.17) is 5.73 Å². The van der Waals surface area contributed by atoms with Crippen molar-refractivity contribution in [2.24, 2.45) is 9.98 Å². The van der Waals surface area contributed by atoms with Crippen molar-refractivity contribution in [3.05, 3.63) is 125 Å². The van der Waals surface area contributed by atoms with Gasteiger partial charge in [0.15, 0.2) is 0 Å². The van der Waals surface area contributed by atoms with Crippen LogP contribution in [0.5, 0.6) is 0 Å². The van der Waals surface area contributed by atoms with E-state index in [2.05, 4.69) is 25.7 Å². The molecule has 2 aromatic rings. The fourth-order valence-corrected chi connectivity index (χ4v) is 3.43. The fourth-order valence-electron chi connectivity index (χ4n) is 2.96. The first-order chi connectivity index (χ1) is 14.7. The van der Waals surface area contributed by atoms with Gasteiger partial charge in [0.25, 0.3) is 0 Å². The number of hydrogen-bond acceptors (Lipinski definition) is 2. The summed E-state index contributed by atoms with van der Waals surface area (Å²) in [5.41, 5.74) is 15.0. The summed E-state index contributed by atoms with van der Waals surface area (Å²) in [6.07, 6.45) is 18.5. The Kier molecular flexibility index (Phi) is 6.21. The van der Waals surface area contributed by atoms with Crippen molar-refractivity contribution < 1.29 is 17.9 Å². The third-order valence-corrected chi connectivity index (χ3v) is 5.26. The van der Waals surface area contributed by atoms with Gasteiger partial charge in [0, 0.05) is 0 Å². The quantitative estimate of drug-likeness (QED) is 0.355. The topological polar surface area (TPSA) is 64.3 Å². The summed E-state index contributed by atoms with van der Waals surface area (Å²) in [5.74, 6) is 0. The molecule has 0 unspecified atom stereocenters. The van der Waals surface area contributed by atoms with Crippen LogP contribution in [0.25, 0.3) is 17.9 Å². The van der Waals surface area contributed by atoms with Gasteiger partial charge in [0.1, 0.15) is 0 Å². The van der Waals surface area contributed by atoms with Crippen LogP contribution in [-0.4, -0.2) is 21.0 Å². The van der Waals surface area contributed by atoms with Crippen molar-refractivity contribution in [2.75, 3.05) is 0 Å². The van der Waals surface area contributed by atoms with Gasteiger partial charge in [0.05, 0.1) is 0 Å². The van der Waals surface area contributed by atoms with Crippen LogP contribution < -0.4 is 0 Å². The zero-order valence-electron chi connectivity index (χ0n) is 16.3. The summed E-state index contributed by atoms with van der Waals surface area (Å²) in [4.78, 5) is 12.4. The third-order valence-electron chi connectivity index (χ3n) is 4.38. The van der Waals surface area contributed by atoms with E-state index in [1.165, 1.54) is 0 Å². The van der Waals surface area contributed by atoms with E-state index in [0.29, 0.717) is 5.70 Å². The monoisotopic (exact) mass is 438 g/mol. The van der Waals surface area contributed by atoms with Gasteiger partial charge in [-0.15, -0.1) is 35.9 Å². The molecule has 2 N–H and O–H groups in total. The molecule has 3 heterocycles. The number of aromatic nitrogens is 1. The zero-order valence-corrected chi connectivity index (χ0v) is 19.3. The Morgan fingerprint density at radius 2 is 1.57 bits per heavy atom. The van der Waals surface area contributed by atoms with Crippen molar-refractivity contribution >= 4 is 28.2 Å². The molecule has 0 aliphatic carbocycles. The molecule has 1 aromatic heterocycles. The van der Waals surface area contributed by atoms with Crippen LogP contribution in [0.15, 0.2) is 106 Å². The molecule has 0 saturated carbocycles. The number of H-pyrrole nitrogens is 1. The van der Waals surface area contributed by atoms with Gasteiger partial charge in [-0.2, -0.15) is 6.08 Å². The van der Waals surface area contributed by atoms with E-state index in [-0.39, 0.29) is 0 Å². The Bertz CT molecular complexity index is 1200. The van der Waals surface area contributed by atoms with Crippen LogP contribution in [0, 0.1) is 6.08 Å². The molecule has 2 aliphatic heterocycles. The van der Waals surface area contributed by atoms with Gasteiger partial charge in [0.2, 0.25) is 0 Å². The van der Waals surface area contributed by atoms with Crippen LogP contribution in [0.1, 0.15) is 17.0 Å². The summed E-state index contributed by atoms with van der Waals surface area (Å²) in [6, 6.07) is 13.7. The molecule has 0 atom stereocenters. The molecule has 0 saturated heterocycles. The number of aromatic amines is 1. The Hall–Kier alpha value is -3.43. The first-order valence-corrected chi connectivity index (χ1v) is 11.3. The molecule has 0 fully saturated rings. The Labute approximate surface area is 185 Å². The van der Waals surface area contributed by atoms with Crippen molar-refractivity contribution in [2.45, 2.75) is 0 Å². The van der Waals surface area contributed by atoms with Crippen LogP contribution in [0.2, 0.25) is 0 Å². The first-order valence-electron chi connectivity index (χ1n) is 9.54. The molecule has 0 radical (unpaired) electrons. The molecular weight excluding hydrogens is 422 g/mol. The SMILES string of the molecule is [NH-]C(C=[C-]c1ccccc1)=Cc1ccc(C=C2C=CC(C=C3C=CC([CH]=[Zn])=N3)=N2)[nH]1. The van der Waals surface area contributed by atoms with E-state index < -0.39 is 0 Å². The molecule has 0 bridgehead atoms. The molecule has 4 rings (SSSR count). The van der Waals surface area contributed by atoms with E-state index in [0.717, 1.165) is 57.6 Å². The number of hydrogen-bond donors (Lipinski definition) is 1. The summed E-state index contributed by atoms with van der Waals surface area (Å²) < 4.78 is 2.10. The predicted octanol–water partition coefficient (Wildman–Crippen LogP) is 5.41. The Morgan fingerprint density at radius 3 is 2.33 bits per heavy atom. The second-order valence-electron chi connectivity index (χ2n) is 6.71. The van der Waals surface area contributed by atoms with Crippen LogP contribution in [0.3, 0.4) is 0 Å². The number of benzene rings is 1. The van der Waals surface area contributed by atoms with E-state index in [9.17, 15) is 0 Å². The number of rotatable bonds is 6. The van der Waals surface area contributed by atoms with Crippen molar-refractivity contribution in [1.29, 1.82) is 0 Å². The Morgan fingerprint density at radius 1 is 0.867 bits per heavy atom.